The van der Waals surface area contributed by atoms with Crippen LogP contribution >= 0.6 is 11.3 Å². The highest BCUT2D eigenvalue weighted by atomic mass is 32.1. The molecule has 2 unspecified atom stereocenters. The number of thiophene rings is 1. The third kappa shape index (κ3) is 3.67. The predicted octanol–water partition coefficient (Wildman–Crippen LogP) is 3.54. The number of pyridine rings is 1. The Morgan fingerprint density at radius 3 is 2.77 bits per heavy atom. The number of carbonyl (C=O) groups is 1. The molecular weight excluding hydrogens is 394 g/mol. The number of ether oxygens (including phenoxy) is 1. The fourth-order valence-corrected chi connectivity index (χ4v) is 5.38. The Morgan fingerprint density at radius 1 is 1.10 bits per heavy atom. The van der Waals surface area contributed by atoms with E-state index in [0.29, 0.717) is 26.2 Å². The molecule has 2 aromatic heterocycles. The van der Waals surface area contributed by atoms with E-state index in [4.69, 9.17) is 4.74 Å². The van der Waals surface area contributed by atoms with Crippen LogP contribution in [0, 0.1) is 0 Å². The van der Waals surface area contributed by atoms with Gasteiger partial charge in [-0.2, -0.15) is 11.3 Å². The molecule has 154 valence electrons. The van der Waals surface area contributed by atoms with E-state index < -0.39 is 5.60 Å². The van der Waals surface area contributed by atoms with Crippen LogP contribution in [0.25, 0.3) is 0 Å². The molecule has 3 aromatic rings. The molecule has 0 bridgehead atoms. The van der Waals surface area contributed by atoms with Gasteiger partial charge in [-0.25, -0.2) is 0 Å². The van der Waals surface area contributed by atoms with E-state index in [-0.39, 0.29) is 11.8 Å². The normalized spacial score (nSPS) is 24.6. The highest BCUT2D eigenvalue weighted by Crippen LogP contribution is 2.42. The average molecular weight is 420 g/mol. The van der Waals surface area contributed by atoms with Crippen molar-refractivity contribution in [2.45, 2.75) is 24.6 Å². The molecule has 1 aromatic carbocycles. The van der Waals surface area contributed by atoms with Crippen LogP contribution in [0.5, 0.6) is 0 Å². The minimum atomic E-state index is -0.855. The fourth-order valence-electron chi connectivity index (χ4n) is 4.72. The first kappa shape index (κ1) is 19.4. The number of hydrogen-bond donors (Lipinski definition) is 0. The van der Waals surface area contributed by atoms with Crippen LogP contribution in [-0.4, -0.2) is 52.5 Å². The Hall–Kier alpha value is -2.54. The third-order valence-electron chi connectivity index (χ3n) is 6.12. The van der Waals surface area contributed by atoms with E-state index >= 15 is 0 Å². The van der Waals surface area contributed by atoms with Gasteiger partial charge in [0.15, 0.2) is 5.60 Å². The lowest BCUT2D eigenvalue weighted by atomic mass is 9.83. The highest BCUT2D eigenvalue weighted by molar-refractivity contribution is 7.07. The molecule has 2 saturated heterocycles. The number of rotatable bonds is 5. The van der Waals surface area contributed by atoms with Crippen LogP contribution < -0.4 is 0 Å². The molecule has 2 fully saturated rings. The van der Waals surface area contributed by atoms with Gasteiger partial charge < -0.3 is 9.64 Å². The van der Waals surface area contributed by atoms with Gasteiger partial charge in [0.25, 0.3) is 5.91 Å². The maximum atomic E-state index is 13.8. The number of nitrogens with zero attached hydrogens (tertiary/aromatic N) is 3. The van der Waals surface area contributed by atoms with Gasteiger partial charge in [-0.05, 0) is 39.6 Å². The number of hydrogen-bond acceptors (Lipinski definition) is 5. The quantitative estimate of drug-likeness (QED) is 0.635. The Balaban J connectivity index is 1.45. The SMILES string of the molecule is O=C1N(Cc2ccccc2)CCOC12CN(Cc1ccsc1)CC2c1cccnc1. The minimum Gasteiger partial charge on any atom is -0.361 e. The van der Waals surface area contributed by atoms with Crippen LogP contribution in [0.15, 0.2) is 71.7 Å². The van der Waals surface area contributed by atoms with Crippen LogP contribution in [0.4, 0.5) is 0 Å². The van der Waals surface area contributed by atoms with Crippen molar-refractivity contribution in [2.24, 2.45) is 0 Å². The first-order chi connectivity index (χ1) is 14.7. The highest BCUT2D eigenvalue weighted by Gasteiger charge is 2.56. The molecule has 2 aliphatic rings. The number of benzene rings is 1. The largest absolute Gasteiger partial charge is 0.361 e. The summed E-state index contributed by atoms with van der Waals surface area (Å²) in [6.45, 7) is 4.02. The van der Waals surface area contributed by atoms with Crippen LogP contribution in [-0.2, 0) is 22.6 Å². The number of carbonyl (C=O) groups excluding carboxylic acids is 1. The molecule has 1 amide bonds. The van der Waals surface area contributed by atoms with Crippen LogP contribution in [0.3, 0.4) is 0 Å². The summed E-state index contributed by atoms with van der Waals surface area (Å²) in [7, 11) is 0. The molecule has 0 saturated carbocycles. The van der Waals surface area contributed by atoms with Crippen molar-refractivity contribution in [3.8, 4) is 0 Å². The molecule has 0 radical (unpaired) electrons. The van der Waals surface area contributed by atoms with Crippen molar-refractivity contribution in [1.29, 1.82) is 0 Å². The fraction of sp³-hybridized carbons (Fsp3) is 0.333. The summed E-state index contributed by atoms with van der Waals surface area (Å²) in [5.41, 5.74) is 2.65. The molecule has 6 heteroatoms. The Labute approximate surface area is 180 Å². The summed E-state index contributed by atoms with van der Waals surface area (Å²) < 4.78 is 6.37. The second kappa shape index (κ2) is 8.30. The van der Waals surface area contributed by atoms with Crippen molar-refractivity contribution < 1.29 is 9.53 Å². The van der Waals surface area contributed by atoms with Gasteiger partial charge in [-0.15, -0.1) is 0 Å². The monoisotopic (exact) mass is 419 g/mol. The second-order valence-electron chi connectivity index (χ2n) is 8.09. The Bertz CT molecular complexity index is 980. The lowest BCUT2D eigenvalue weighted by molar-refractivity contribution is -0.173. The zero-order chi connectivity index (χ0) is 20.4. The van der Waals surface area contributed by atoms with E-state index in [1.54, 1.807) is 17.5 Å². The van der Waals surface area contributed by atoms with Crippen molar-refractivity contribution >= 4 is 17.2 Å². The maximum absolute atomic E-state index is 13.8. The van der Waals surface area contributed by atoms with Crippen molar-refractivity contribution in [1.82, 2.24) is 14.8 Å². The molecule has 30 heavy (non-hydrogen) atoms. The topological polar surface area (TPSA) is 45.7 Å². The number of aromatic nitrogens is 1. The summed E-state index contributed by atoms with van der Waals surface area (Å²) >= 11 is 1.71. The lowest BCUT2D eigenvalue weighted by Gasteiger charge is -2.42. The number of amides is 1. The lowest BCUT2D eigenvalue weighted by Crippen LogP contribution is -2.59. The molecule has 2 aliphatic heterocycles. The zero-order valence-corrected chi connectivity index (χ0v) is 17.6. The summed E-state index contributed by atoms with van der Waals surface area (Å²) in [4.78, 5) is 22.5. The van der Waals surface area contributed by atoms with Crippen molar-refractivity contribution in [3.63, 3.8) is 0 Å². The first-order valence-electron chi connectivity index (χ1n) is 10.4. The summed E-state index contributed by atoms with van der Waals surface area (Å²) in [5.74, 6) is 0.0650. The molecule has 0 aliphatic carbocycles. The van der Waals surface area contributed by atoms with E-state index in [1.165, 1.54) is 5.56 Å². The third-order valence-corrected chi connectivity index (χ3v) is 6.85. The van der Waals surface area contributed by atoms with Crippen LogP contribution in [0.2, 0.25) is 0 Å². The van der Waals surface area contributed by atoms with Crippen molar-refractivity contribution in [3.05, 3.63) is 88.4 Å². The maximum Gasteiger partial charge on any atom is 0.257 e. The van der Waals surface area contributed by atoms with E-state index in [0.717, 1.165) is 24.2 Å². The van der Waals surface area contributed by atoms with E-state index in [2.05, 4.69) is 44.9 Å². The molecule has 4 heterocycles. The summed E-state index contributed by atoms with van der Waals surface area (Å²) in [6, 6.07) is 16.4. The van der Waals surface area contributed by atoms with Crippen LogP contribution in [0.1, 0.15) is 22.6 Å². The second-order valence-corrected chi connectivity index (χ2v) is 8.87. The minimum absolute atomic E-state index is 0.0316. The van der Waals surface area contributed by atoms with Crippen molar-refractivity contribution in [2.75, 3.05) is 26.2 Å². The predicted molar refractivity (Wildman–Crippen MR) is 117 cm³/mol. The first-order valence-corrected chi connectivity index (χ1v) is 11.3. The van der Waals surface area contributed by atoms with Gasteiger partial charge in [0.05, 0.1) is 6.61 Å². The average Bonchev–Trinajstić information content (AvgIpc) is 3.42. The standard InChI is InChI=1S/C24H25N3O2S/c28-23-24(29-11-10-27(23)15-19-5-2-1-3-6-19)18-26(14-20-8-12-30-17-20)16-22(24)21-7-4-9-25-13-21/h1-9,12-13,17,22H,10-11,14-16,18H2. The smallest absolute Gasteiger partial charge is 0.257 e. The van der Waals surface area contributed by atoms with E-state index in [9.17, 15) is 4.79 Å². The van der Waals surface area contributed by atoms with Gasteiger partial charge in [0.2, 0.25) is 0 Å². The molecule has 2 atom stereocenters. The van der Waals surface area contributed by atoms with Gasteiger partial charge >= 0.3 is 0 Å². The number of morpholine rings is 1. The van der Waals surface area contributed by atoms with Gasteiger partial charge in [-0.1, -0.05) is 36.4 Å². The molecule has 0 N–H and O–H groups in total. The van der Waals surface area contributed by atoms with E-state index in [1.807, 2.05) is 35.4 Å². The molecule has 5 rings (SSSR count). The van der Waals surface area contributed by atoms with Gasteiger partial charge in [0.1, 0.15) is 0 Å². The summed E-state index contributed by atoms with van der Waals surface area (Å²) in [5, 5.41) is 4.28. The zero-order valence-electron chi connectivity index (χ0n) is 16.8. The molecule has 5 nitrogen and oxygen atoms in total. The Morgan fingerprint density at radius 2 is 2.00 bits per heavy atom. The molecular formula is C24H25N3O2S. The molecule has 1 spiro atoms. The Kier molecular flexibility index (Phi) is 5.37. The van der Waals surface area contributed by atoms with Gasteiger partial charge in [0, 0.05) is 51.0 Å². The number of likely N-dealkylation sites (tertiary alicyclic amines) is 1. The summed E-state index contributed by atoms with van der Waals surface area (Å²) in [6.07, 6.45) is 3.66. The van der Waals surface area contributed by atoms with Gasteiger partial charge in [-0.3, -0.25) is 14.7 Å².